The summed E-state index contributed by atoms with van der Waals surface area (Å²) in [5.41, 5.74) is 0.711. The monoisotopic (exact) mass is 217 g/mol. The standard InChI is InChI=1S/C12H11NOS/c1-13-8-2-5-11(13)12(14)7-6-10-4-3-9-15-10/h2-9H,1H3/b7-6+. The zero-order valence-electron chi connectivity index (χ0n) is 8.38. The average molecular weight is 217 g/mol. The van der Waals surface area contributed by atoms with E-state index in [1.54, 1.807) is 17.4 Å². The molecule has 0 aliphatic heterocycles. The Hall–Kier alpha value is -1.61. The summed E-state index contributed by atoms with van der Waals surface area (Å²) in [5.74, 6) is 0.0379. The molecular formula is C12H11NOS. The summed E-state index contributed by atoms with van der Waals surface area (Å²) < 4.78 is 1.82. The minimum atomic E-state index is 0.0379. The molecule has 0 saturated carbocycles. The third-order valence-corrected chi connectivity index (χ3v) is 2.98. The van der Waals surface area contributed by atoms with Gasteiger partial charge in [-0.15, -0.1) is 11.3 Å². The largest absolute Gasteiger partial charge is 0.348 e. The van der Waals surface area contributed by atoms with Crippen LogP contribution in [0.1, 0.15) is 15.4 Å². The Bertz CT molecular complexity index is 479. The van der Waals surface area contributed by atoms with Crippen molar-refractivity contribution < 1.29 is 4.79 Å². The molecule has 15 heavy (non-hydrogen) atoms. The van der Waals surface area contributed by atoms with E-state index in [9.17, 15) is 4.79 Å². The number of carbonyl (C=O) groups excluding carboxylic acids is 1. The Morgan fingerprint density at radius 1 is 1.40 bits per heavy atom. The zero-order valence-corrected chi connectivity index (χ0v) is 9.20. The first-order valence-corrected chi connectivity index (χ1v) is 5.52. The van der Waals surface area contributed by atoms with E-state index in [4.69, 9.17) is 0 Å². The molecule has 0 N–H and O–H groups in total. The molecule has 0 aliphatic carbocycles. The molecule has 0 radical (unpaired) electrons. The minimum Gasteiger partial charge on any atom is -0.348 e. The van der Waals surface area contributed by atoms with E-state index in [0.29, 0.717) is 5.69 Å². The van der Waals surface area contributed by atoms with Crippen LogP contribution in [0, 0.1) is 0 Å². The zero-order chi connectivity index (χ0) is 10.7. The molecule has 3 heteroatoms. The number of ketones is 1. The van der Waals surface area contributed by atoms with Gasteiger partial charge in [-0.25, -0.2) is 0 Å². The van der Waals surface area contributed by atoms with Crippen molar-refractivity contribution in [1.82, 2.24) is 4.57 Å². The van der Waals surface area contributed by atoms with E-state index in [0.717, 1.165) is 4.88 Å². The van der Waals surface area contributed by atoms with Crippen molar-refractivity contribution in [2.45, 2.75) is 0 Å². The molecule has 76 valence electrons. The third kappa shape index (κ3) is 2.25. The third-order valence-electron chi connectivity index (χ3n) is 2.14. The van der Waals surface area contributed by atoms with Gasteiger partial charge in [0.15, 0.2) is 0 Å². The molecule has 2 rings (SSSR count). The lowest BCUT2D eigenvalue weighted by atomic mass is 10.2. The van der Waals surface area contributed by atoms with Crippen molar-refractivity contribution in [1.29, 1.82) is 0 Å². The maximum absolute atomic E-state index is 11.7. The highest BCUT2D eigenvalue weighted by Gasteiger charge is 2.04. The lowest BCUT2D eigenvalue weighted by molar-refractivity contribution is 0.104. The number of aromatic nitrogens is 1. The van der Waals surface area contributed by atoms with Crippen LogP contribution >= 0.6 is 11.3 Å². The molecule has 2 aromatic heterocycles. The molecule has 0 unspecified atom stereocenters. The first-order chi connectivity index (χ1) is 7.27. The fraction of sp³-hybridized carbons (Fsp3) is 0.0833. The number of nitrogens with zero attached hydrogens (tertiary/aromatic N) is 1. The predicted molar refractivity (Wildman–Crippen MR) is 63.1 cm³/mol. The number of carbonyl (C=O) groups is 1. The summed E-state index contributed by atoms with van der Waals surface area (Å²) in [6.07, 6.45) is 5.33. The van der Waals surface area contributed by atoms with Crippen LogP contribution in [0.3, 0.4) is 0 Å². The lowest BCUT2D eigenvalue weighted by Gasteiger charge is -1.96. The van der Waals surface area contributed by atoms with E-state index in [1.165, 1.54) is 0 Å². The number of allylic oxidation sites excluding steroid dienone is 1. The molecule has 0 bridgehead atoms. The second-order valence-electron chi connectivity index (χ2n) is 3.22. The lowest BCUT2D eigenvalue weighted by Crippen LogP contribution is -2.01. The first-order valence-electron chi connectivity index (χ1n) is 4.64. The first kappa shape index (κ1) is 9.93. The van der Waals surface area contributed by atoms with Crippen molar-refractivity contribution in [3.05, 3.63) is 52.5 Å². The quantitative estimate of drug-likeness (QED) is 0.572. The highest BCUT2D eigenvalue weighted by Crippen LogP contribution is 2.11. The van der Waals surface area contributed by atoms with Crippen LogP contribution in [0.4, 0.5) is 0 Å². The van der Waals surface area contributed by atoms with Crippen LogP contribution in [0.5, 0.6) is 0 Å². The Kier molecular flexibility index (Phi) is 2.83. The molecule has 2 heterocycles. The Morgan fingerprint density at radius 2 is 2.27 bits per heavy atom. The summed E-state index contributed by atoms with van der Waals surface area (Å²) in [5, 5.41) is 1.99. The van der Waals surface area contributed by atoms with E-state index in [1.807, 2.05) is 53.5 Å². The van der Waals surface area contributed by atoms with Crippen molar-refractivity contribution >= 4 is 23.2 Å². The van der Waals surface area contributed by atoms with Gasteiger partial charge < -0.3 is 4.57 Å². The molecule has 0 atom stereocenters. The van der Waals surface area contributed by atoms with Gasteiger partial charge in [-0.1, -0.05) is 6.07 Å². The van der Waals surface area contributed by atoms with Gasteiger partial charge in [-0.05, 0) is 35.7 Å². The van der Waals surface area contributed by atoms with Crippen molar-refractivity contribution in [3.8, 4) is 0 Å². The van der Waals surface area contributed by atoms with Crippen LogP contribution in [0.2, 0.25) is 0 Å². The SMILES string of the molecule is Cn1cccc1C(=O)/C=C/c1cccs1. The van der Waals surface area contributed by atoms with Crippen molar-refractivity contribution in [3.63, 3.8) is 0 Å². The van der Waals surface area contributed by atoms with E-state index in [2.05, 4.69) is 0 Å². The van der Waals surface area contributed by atoms with E-state index in [-0.39, 0.29) is 5.78 Å². The minimum absolute atomic E-state index is 0.0379. The van der Waals surface area contributed by atoms with E-state index < -0.39 is 0 Å². The van der Waals surface area contributed by atoms with Gasteiger partial charge in [0.05, 0.1) is 5.69 Å². The maximum Gasteiger partial charge on any atom is 0.202 e. The van der Waals surface area contributed by atoms with Gasteiger partial charge in [0.2, 0.25) is 5.78 Å². The highest BCUT2D eigenvalue weighted by molar-refractivity contribution is 7.10. The highest BCUT2D eigenvalue weighted by atomic mass is 32.1. The molecule has 0 spiro atoms. The second-order valence-corrected chi connectivity index (χ2v) is 4.20. The summed E-state index contributed by atoms with van der Waals surface area (Å²) in [4.78, 5) is 12.8. The maximum atomic E-state index is 11.7. The number of aryl methyl sites for hydroxylation is 1. The molecule has 0 aliphatic rings. The summed E-state index contributed by atoms with van der Waals surface area (Å²) >= 11 is 1.62. The summed E-state index contributed by atoms with van der Waals surface area (Å²) in [7, 11) is 1.87. The smallest absolute Gasteiger partial charge is 0.202 e. The van der Waals surface area contributed by atoms with Gasteiger partial charge in [0.25, 0.3) is 0 Å². The van der Waals surface area contributed by atoms with Crippen molar-refractivity contribution in [2.24, 2.45) is 7.05 Å². The van der Waals surface area contributed by atoms with Gasteiger partial charge in [-0.2, -0.15) is 0 Å². The Balaban J connectivity index is 2.14. The number of hydrogen-bond donors (Lipinski definition) is 0. The van der Waals surface area contributed by atoms with Crippen LogP contribution in [0.15, 0.2) is 41.9 Å². The Labute approximate surface area is 92.5 Å². The van der Waals surface area contributed by atoms with Crippen LogP contribution in [-0.4, -0.2) is 10.4 Å². The fourth-order valence-corrected chi connectivity index (χ4v) is 1.96. The normalized spacial score (nSPS) is 11.0. The summed E-state index contributed by atoms with van der Waals surface area (Å²) in [6.45, 7) is 0. The molecule has 0 amide bonds. The molecule has 0 fully saturated rings. The van der Waals surface area contributed by atoms with Gasteiger partial charge >= 0.3 is 0 Å². The fourth-order valence-electron chi connectivity index (χ4n) is 1.35. The Morgan fingerprint density at radius 3 is 2.87 bits per heavy atom. The number of hydrogen-bond acceptors (Lipinski definition) is 2. The van der Waals surface area contributed by atoms with Gasteiger partial charge in [0.1, 0.15) is 0 Å². The van der Waals surface area contributed by atoms with Gasteiger partial charge in [-0.3, -0.25) is 4.79 Å². The van der Waals surface area contributed by atoms with Crippen LogP contribution in [0.25, 0.3) is 6.08 Å². The molecule has 2 aromatic rings. The molecular weight excluding hydrogens is 206 g/mol. The predicted octanol–water partition coefficient (Wildman–Crippen LogP) is 2.98. The van der Waals surface area contributed by atoms with Crippen LogP contribution in [-0.2, 0) is 7.05 Å². The van der Waals surface area contributed by atoms with E-state index >= 15 is 0 Å². The summed E-state index contributed by atoms with van der Waals surface area (Å²) in [6, 6.07) is 7.64. The number of rotatable bonds is 3. The van der Waals surface area contributed by atoms with Crippen LogP contribution < -0.4 is 0 Å². The van der Waals surface area contributed by atoms with Crippen molar-refractivity contribution in [2.75, 3.05) is 0 Å². The second kappa shape index (κ2) is 4.28. The average Bonchev–Trinajstić information content (AvgIpc) is 2.84. The molecule has 0 saturated heterocycles. The number of thiophene rings is 1. The molecule has 0 aromatic carbocycles. The van der Waals surface area contributed by atoms with Gasteiger partial charge in [0, 0.05) is 18.1 Å². The molecule has 2 nitrogen and oxygen atoms in total. The topological polar surface area (TPSA) is 22.0 Å².